The molecular weight excluding hydrogens is 862 g/mol. The summed E-state index contributed by atoms with van der Waals surface area (Å²) in [5.74, 6) is -8.41. The Bertz CT molecular complexity index is 1760. The number of carboxylic acid groups (broad SMARTS) is 1. The van der Waals surface area contributed by atoms with E-state index >= 15 is 0 Å². The maximum absolute atomic E-state index is 14.1. The second kappa shape index (κ2) is 22.1. The highest BCUT2D eigenvalue weighted by Gasteiger charge is 2.57. The number of benzene rings is 1. The summed E-state index contributed by atoms with van der Waals surface area (Å²) in [5, 5.41) is 114. The first-order valence-corrected chi connectivity index (χ1v) is 20.5. The topological polar surface area (TPSA) is 381 Å². The highest BCUT2D eigenvalue weighted by Crippen LogP contribution is 2.38. The zero-order valence-electron chi connectivity index (χ0n) is 35.5. The van der Waals surface area contributed by atoms with E-state index in [-0.39, 0.29) is 18.7 Å². The average Bonchev–Trinajstić information content (AvgIpc) is 3.22. The van der Waals surface area contributed by atoms with Gasteiger partial charge in [-0.15, -0.1) is 0 Å². The molecule has 362 valence electrons. The minimum absolute atomic E-state index is 0.0880. The molecule has 4 fully saturated rings. The summed E-state index contributed by atoms with van der Waals surface area (Å²) in [6.07, 6.45) is -26.9. The van der Waals surface area contributed by atoms with Crippen LogP contribution < -0.4 is 16.0 Å². The quantitative estimate of drug-likeness (QED) is 0.0689. The molecule has 3 amide bonds. The van der Waals surface area contributed by atoms with Gasteiger partial charge >= 0.3 is 5.97 Å². The third kappa shape index (κ3) is 11.4. The molecule has 8 unspecified atom stereocenters. The first-order chi connectivity index (χ1) is 30.2. The summed E-state index contributed by atoms with van der Waals surface area (Å²) in [6.45, 7) is 3.79. The van der Waals surface area contributed by atoms with Crippen LogP contribution in [0.4, 0.5) is 0 Å². The van der Waals surface area contributed by atoms with Crippen molar-refractivity contribution in [1.82, 2.24) is 16.0 Å². The first-order valence-electron chi connectivity index (χ1n) is 20.5. The molecule has 4 aliphatic heterocycles. The van der Waals surface area contributed by atoms with Gasteiger partial charge in [0.05, 0.1) is 37.6 Å². The lowest BCUT2D eigenvalue weighted by atomic mass is 9.87. The van der Waals surface area contributed by atoms with E-state index in [1.54, 1.807) is 0 Å². The second-order valence-electron chi connectivity index (χ2n) is 16.1. The Hall–Kier alpha value is -3.90. The number of aliphatic hydroxyl groups excluding tert-OH is 7. The predicted octanol–water partition coefficient (Wildman–Crippen LogP) is -5.18. The monoisotopic (exact) mass is 921 g/mol. The third-order valence-electron chi connectivity index (χ3n) is 11.7. The number of rotatable bonds is 16. The van der Waals surface area contributed by atoms with E-state index in [9.17, 15) is 70.2 Å². The van der Waals surface area contributed by atoms with Crippen molar-refractivity contribution in [3.05, 3.63) is 23.8 Å². The van der Waals surface area contributed by atoms with Crippen LogP contribution in [0.2, 0.25) is 0 Å². The van der Waals surface area contributed by atoms with Crippen LogP contribution in [0.1, 0.15) is 33.3 Å². The van der Waals surface area contributed by atoms with Crippen molar-refractivity contribution in [2.45, 2.75) is 139 Å². The van der Waals surface area contributed by atoms with E-state index in [1.807, 2.05) is 0 Å². The lowest BCUT2D eigenvalue weighted by Gasteiger charge is -2.50. The molecule has 25 heteroatoms. The summed E-state index contributed by atoms with van der Waals surface area (Å²) in [7, 11) is 1.09. The van der Waals surface area contributed by atoms with E-state index in [0.717, 1.165) is 14.0 Å². The van der Waals surface area contributed by atoms with Gasteiger partial charge in [0.2, 0.25) is 17.7 Å². The minimum Gasteiger partial charge on any atom is -0.504 e. The van der Waals surface area contributed by atoms with Gasteiger partial charge in [0.25, 0.3) is 0 Å². The van der Waals surface area contributed by atoms with E-state index in [2.05, 4.69) is 16.0 Å². The number of carbonyl (C=O) groups excluding carboxylic acids is 3. The van der Waals surface area contributed by atoms with Crippen LogP contribution in [0.25, 0.3) is 0 Å². The average molecular weight is 922 g/mol. The standard InChI is InChI=1S/C39H59N3O22/c1-13-21(12-44)59-38(23(41-15(3)45)28(13)60-39-26(51)25(50)30(57-5)32(63-39)35(54)55)62-31-24(49)22(33(53)40-9-8-17-6-7-19(47)20(48)10-17)37(64-36(31)56)61-29-18(11-43)14(2)58-34(27(29)52)42-16(4)46/h6-7,10,13-14,18,21-32,34,36-39,43-44,47-52,56H,8-9,11-12H2,1-5H3,(H,40,53)(H,41,45)(H,42,46)(H,54,55)/t13-,14-,18?,21?,22?,23?,24+,25+,26?,27+,28-,29+,30-,31-,32?,34?,36?,37+,38-,39+/m0/s1. The van der Waals surface area contributed by atoms with Crippen molar-refractivity contribution < 1.29 is 108 Å². The first kappa shape index (κ1) is 51.1. The summed E-state index contributed by atoms with van der Waals surface area (Å²) in [6, 6.07) is 2.50. The molecule has 0 aliphatic carbocycles. The molecule has 0 bridgehead atoms. The summed E-state index contributed by atoms with van der Waals surface area (Å²) < 4.78 is 46.3. The van der Waals surface area contributed by atoms with Crippen LogP contribution >= 0.6 is 0 Å². The SMILES string of the molecule is CO[C@@H]1C(C(=O)O)O[C@@H](O[C@@H]2C(NC(C)=O)[C@H](O[C@@H]3C(O)O[C@@H](O[C@@H]4C(CO)[C@H](C)OC(NC(C)=O)[C@@H]4O)C(C(=O)NCCc4ccc(O)c(O)c4)[C@H]3O)OC(CO)[C@@H]2C)C(O)[C@H]1O. The molecule has 5 rings (SSSR count). The third-order valence-corrected chi connectivity index (χ3v) is 11.7. The predicted molar refractivity (Wildman–Crippen MR) is 208 cm³/mol. The molecule has 4 heterocycles. The van der Waals surface area contributed by atoms with E-state index in [1.165, 1.54) is 39.0 Å². The molecular formula is C39H59N3O22. The van der Waals surface area contributed by atoms with Gasteiger partial charge in [-0.3, -0.25) is 14.4 Å². The van der Waals surface area contributed by atoms with E-state index in [4.69, 9.17) is 37.9 Å². The Morgan fingerprint density at radius 2 is 1.38 bits per heavy atom. The highest BCUT2D eigenvalue weighted by atomic mass is 16.8. The zero-order chi connectivity index (χ0) is 47.3. The van der Waals surface area contributed by atoms with Crippen molar-refractivity contribution in [1.29, 1.82) is 0 Å². The van der Waals surface area contributed by atoms with Gasteiger partial charge in [-0.05, 0) is 31.0 Å². The molecule has 0 radical (unpaired) electrons. The normalized spacial score (nSPS) is 40.2. The van der Waals surface area contributed by atoms with Gasteiger partial charge in [0.15, 0.2) is 49.0 Å². The van der Waals surface area contributed by atoms with Crippen molar-refractivity contribution >= 4 is 23.7 Å². The molecule has 4 saturated heterocycles. The number of carbonyl (C=O) groups is 4. The lowest BCUT2D eigenvalue weighted by Crippen LogP contribution is -2.68. The van der Waals surface area contributed by atoms with Gasteiger partial charge in [0.1, 0.15) is 48.6 Å². The Balaban J connectivity index is 1.45. The van der Waals surface area contributed by atoms with Crippen molar-refractivity contribution in [3.63, 3.8) is 0 Å². The lowest BCUT2D eigenvalue weighted by molar-refractivity contribution is -0.382. The van der Waals surface area contributed by atoms with Crippen LogP contribution in [0, 0.1) is 17.8 Å². The number of phenolic OH excluding ortho intramolecular Hbond substituents is 2. The number of nitrogens with one attached hydrogen (secondary N) is 3. The molecule has 25 nitrogen and oxygen atoms in total. The maximum atomic E-state index is 14.1. The Labute approximate surface area is 366 Å². The Kier molecular flexibility index (Phi) is 17.6. The number of aliphatic hydroxyl groups is 7. The van der Waals surface area contributed by atoms with Crippen molar-refractivity contribution in [2.75, 3.05) is 26.9 Å². The number of carboxylic acids is 1. The highest BCUT2D eigenvalue weighted by molar-refractivity contribution is 5.80. The smallest absolute Gasteiger partial charge is 0.335 e. The fourth-order valence-electron chi connectivity index (χ4n) is 8.28. The van der Waals surface area contributed by atoms with Crippen molar-refractivity contribution in [2.24, 2.45) is 17.8 Å². The number of aromatic hydroxyl groups is 2. The molecule has 20 atom stereocenters. The van der Waals surface area contributed by atoms with Gasteiger partial charge < -0.3 is 105 Å². The molecule has 0 aromatic heterocycles. The van der Waals surface area contributed by atoms with Gasteiger partial charge in [0, 0.05) is 39.3 Å². The van der Waals surface area contributed by atoms with Crippen LogP contribution in [0.5, 0.6) is 11.5 Å². The number of hydrogen-bond acceptors (Lipinski definition) is 21. The number of hydrogen-bond donors (Lipinski definition) is 13. The molecule has 0 spiro atoms. The summed E-state index contributed by atoms with van der Waals surface area (Å²) in [5.41, 5.74) is 0.482. The van der Waals surface area contributed by atoms with Gasteiger partial charge in [-0.1, -0.05) is 13.0 Å². The maximum Gasteiger partial charge on any atom is 0.335 e. The Morgan fingerprint density at radius 1 is 0.719 bits per heavy atom. The van der Waals surface area contributed by atoms with Crippen molar-refractivity contribution in [3.8, 4) is 11.5 Å². The fraction of sp³-hybridized carbons (Fsp3) is 0.744. The molecule has 13 N–H and O–H groups in total. The molecule has 64 heavy (non-hydrogen) atoms. The van der Waals surface area contributed by atoms with Crippen LogP contribution in [0.15, 0.2) is 18.2 Å². The van der Waals surface area contributed by atoms with E-state index in [0.29, 0.717) is 5.56 Å². The molecule has 1 aromatic rings. The minimum atomic E-state index is -2.20. The molecule has 4 aliphatic rings. The number of ether oxygens (including phenoxy) is 8. The number of amides is 3. The van der Waals surface area contributed by atoms with Gasteiger partial charge in [-0.25, -0.2) is 4.79 Å². The fourth-order valence-corrected chi connectivity index (χ4v) is 8.28. The van der Waals surface area contributed by atoms with E-state index < -0.39 is 165 Å². The van der Waals surface area contributed by atoms with Crippen LogP contribution in [-0.4, -0.2) is 206 Å². The number of phenols is 2. The largest absolute Gasteiger partial charge is 0.504 e. The Morgan fingerprint density at radius 3 is 1.97 bits per heavy atom. The molecule has 0 saturated carbocycles. The van der Waals surface area contributed by atoms with Gasteiger partial charge in [-0.2, -0.15) is 0 Å². The second-order valence-corrected chi connectivity index (χ2v) is 16.1. The van der Waals surface area contributed by atoms with Crippen LogP contribution in [-0.2, 0) is 63.5 Å². The number of methoxy groups -OCH3 is 1. The number of aliphatic carboxylic acids is 1. The zero-order valence-corrected chi connectivity index (χ0v) is 35.5. The summed E-state index contributed by atoms with van der Waals surface area (Å²) in [4.78, 5) is 50.8. The van der Waals surface area contributed by atoms with Crippen LogP contribution in [0.3, 0.4) is 0 Å². The summed E-state index contributed by atoms with van der Waals surface area (Å²) >= 11 is 0. The molecule has 1 aromatic carbocycles.